The molecule has 1 atom stereocenters. The maximum Gasteiger partial charge on any atom is 0.279 e. The van der Waals surface area contributed by atoms with Gasteiger partial charge in [-0.2, -0.15) is 5.10 Å². The van der Waals surface area contributed by atoms with E-state index in [1.54, 1.807) is 4.90 Å². The van der Waals surface area contributed by atoms with Crippen LogP contribution in [0.25, 0.3) is 0 Å². The number of H-pyrrole nitrogens is 1. The lowest BCUT2D eigenvalue weighted by Gasteiger charge is -2.23. The Morgan fingerprint density at radius 1 is 1.67 bits per heavy atom. The molecule has 1 aliphatic heterocycles. The fourth-order valence-corrected chi connectivity index (χ4v) is 2.06. The second-order valence-corrected chi connectivity index (χ2v) is 4.25. The van der Waals surface area contributed by atoms with Crippen LogP contribution in [-0.4, -0.2) is 33.6 Å². The molecule has 98 valence electrons. The van der Waals surface area contributed by atoms with Gasteiger partial charge < -0.3 is 4.90 Å². The van der Waals surface area contributed by atoms with Crippen molar-refractivity contribution in [3.63, 3.8) is 0 Å². The molecule has 1 amide bonds. The number of hydrogen-bond acceptors (Lipinski definition) is 2. The number of aromatic nitrogens is 2. The van der Waals surface area contributed by atoms with Gasteiger partial charge in [0, 0.05) is 6.54 Å². The van der Waals surface area contributed by atoms with E-state index in [9.17, 15) is 13.6 Å². The van der Waals surface area contributed by atoms with E-state index in [-0.39, 0.29) is 23.3 Å². The van der Waals surface area contributed by atoms with Crippen LogP contribution in [0.2, 0.25) is 0 Å². The summed E-state index contributed by atoms with van der Waals surface area (Å²) < 4.78 is 24.8. The fourth-order valence-electron chi connectivity index (χ4n) is 2.06. The third kappa shape index (κ3) is 2.42. The summed E-state index contributed by atoms with van der Waals surface area (Å²) in [5, 5.41) is 5.84. The normalized spacial score (nSPS) is 18.9. The van der Waals surface area contributed by atoms with Crippen LogP contribution in [0.5, 0.6) is 0 Å². The first-order valence-corrected chi connectivity index (χ1v) is 5.94. The molecular weight excluding hydrogens is 240 g/mol. The number of rotatable bonds is 4. The molecule has 1 aromatic rings. The van der Waals surface area contributed by atoms with Gasteiger partial charge in [-0.25, -0.2) is 8.78 Å². The van der Waals surface area contributed by atoms with Crippen LogP contribution in [0.4, 0.5) is 8.78 Å². The summed E-state index contributed by atoms with van der Waals surface area (Å²) >= 11 is 0. The van der Waals surface area contributed by atoms with Crippen LogP contribution in [0, 0.1) is 0 Å². The quantitative estimate of drug-likeness (QED) is 0.840. The summed E-state index contributed by atoms with van der Waals surface area (Å²) in [6.07, 6.45) is 3.08. The number of nitrogens with one attached hydrogen (secondary N) is 1. The molecule has 0 radical (unpaired) electrons. The zero-order valence-electron chi connectivity index (χ0n) is 10.1. The van der Waals surface area contributed by atoms with Crippen LogP contribution >= 0.6 is 0 Å². The lowest BCUT2D eigenvalue weighted by molar-refractivity contribution is 0.0738. The highest BCUT2D eigenvalue weighted by molar-refractivity contribution is 5.93. The van der Waals surface area contributed by atoms with Crippen molar-refractivity contribution in [2.75, 3.05) is 6.54 Å². The number of nitrogens with zero attached hydrogens (tertiary/aromatic N) is 2. The molecule has 1 unspecified atom stereocenters. The molecule has 0 saturated heterocycles. The molecule has 0 bridgehead atoms. The van der Waals surface area contributed by atoms with Crippen molar-refractivity contribution in [3.8, 4) is 0 Å². The van der Waals surface area contributed by atoms with Gasteiger partial charge in [-0.15, -0.1) is 0 Å². The molecule has 1 aromatic heterocycles. The topological polar surface area (TPSA) is 49.0 Å². The average molecular weight is 255 g/mol. The number of aromatic amines is 1. The Labute approximate surface area is 104 Å². The maximum absolute atomic E-state index is 12.4. The number of carbonyl (C=O) groups is 1. The Morgan fingerprint density at radius 2 is 2.44 bits per heavy atom. The van der Waals surface area contributed by atoms with E-state index in [1.807, 2.05) is 19.1 Å². The SMILES string of the molecule is CCCC1C=CCN1C(=O)c1cc(C(F)F)[nH]n1. The standard InChI is InChI=1S/C12H15F2N3O/c1-2-4-8-5-3-6-17(8)12(18)10-7-9(11(13)14)15-16-10/h3,5,7-8,11H,2,4,6H2,1H3,(H,15,16). The molecule has 0 saturated carbocycles. The van der Waals surface area contributed by atoms with Gasteiger partial charge in [0.2, 0.25) is 0 Å². The van der Waals surface area contributed by atoms with Gasteiger partial charge in [0.25, 0.3) is 12.3 Å². The highest BCUT2D eigenvalue weighted by atomic mass is 19.3. The van der Waals surface area contributed by atoms with Crippen LogP contribution < -0.4 is 0 Å². The van der Waals surface area contributed by atoms with Gasteiger partial charge in [0.05, 0.1) is 6.04 Å². The highest BCUT2D eigenvalue weighted by Crippen LogP contribution is 2.20. The Hall–Kier alpha value is -1.72. The second-order valence-electron chi connectivity index (χ2n) is 4.25. The minimum Gasteiger partial charge on any atom is -0.327 e. The van der Waals surface area contributed by atoms with Gasteiger partial charge in [-0.3, -0.25) is 9.89 Å². The molecule has 0 spiro atoms. The number of halogens is 2. The van der Waals surface area contributed by atoms with E-state index in [1.165, 1.54) is 0 Å². The number of hydrogen-bond donors (Lipinski definition) is 1. The van der Waals surface area contributed by atoms with Crippen molar-refractivity contribution >= 4 is 5.91 Å². The van der Waals surface area contributed by atoms with E-state index in [0.717, 1.165) is 18.9 Å². The Balaban J connectivity index is 2.10. The van der Waals surface area contributed by atoms with Crippen LogP contribution in [0.15, 0.2) is 18.2 Å². The summed E-state index contributed by atoms with van der Waals surface area (Å²) in [7, 11) is 0. The number of alkyl halides is 2. The van der Waals surface area contributed by atoms with Crippen molar-refractivity contribution in [3.05, 3.63) is 29.6 Å². The number of carbonyl (C=O) groups excluding carboxylic acids is 1. The summed E-state index contributed by atoms with van der Waals surface area (Å²) in [6, 6.07) is 1.17. The predicted molar refractivity (Wildman–Crippen MR) is 62.4 cm³/mol. The van der Waals surface area contributed by atoms with Crippen molar-refractivity contribution < 1.29 is 13.6 Å². The number of amides is 1. The summed E-state index contributed by atoms with van der Waals surface area (Å²) in [4.78, 5) is 13.8. The minimum atomic E-state index is -2.64. The third-order valence-electron chi connectivity index (χ3n) is 2.96. The minimum absolute atomic E-state index is 0.0502. The van der Waals surface area contributed by atoms with E-state index >= 15 is 0 Å². The second kappa shape index (κ2) is 5.29. The molecule has 0 fully saturated rings. The predicted octanol–water partition coefficient (Wildman–Crippen LogP) is 2.53. The maximum atomic E-state index is 12.4. The molecule has 4 nitrogen and oxygen atoms in total. The van der Waals surface area contributed by atoms with Gasteiger partial charge >= 0.3 is 0 Å². The van der Waals surface area contributed by atoms with Crippen molar-refractivity contribution in [2.24, 2.45) is 0 Å². The van der Waals surface area contributed by atoms with Gasteiger partial charge in [-0.05, 0) is 12.5 Å². The summed E-state index contributed by atoms with van der Waals surface area (Å²) in [6.45, 7) is 2.55. The van der Waals surface area contributed by atoms with E-state index in [4.69, 9.17) is 0 Å². The van der Waals surface area contributed by atoms with E-state index in [0.29, 0.717) is 6.54 Å². The van der Waals surface area contributed by atoms with Crippen molar-refractivity contribution in [1.29, 1.82) is 0 Å². The van der Waals surface area contributed by atoms with Gasteiger partial charge in [-0.1, -0.05) is 25.5 Å². The first-order valence-electron chi connectivity index (χ1n) is 5.94. The van der Waals surface area contributed by atoms with Gasteiger partial charge in [0.15, 0.2) is 5.69 Å². The zero-order valence-corrected chi connectivity index (χ0v) is 10.1. The molecule has 18 heavy (non-hydrogen) atoms. The lowest BCUT2D eigenvalue weighted by Crippen LogP contribution is -2.36. The highest BCUT2D eigenvalue weighted by Gasteiger charge is 2.27. The average Bonchev–Trinajstić information content (AvgIpc) is 2.97. The fraction of sp³-hybridized carbons (Fsp3) is 0.500. The van der Waals surface area contributed by atoms with Crippen LogP contribution in [0.3, 0.4) is 0 Å². The third-order valence-corrected chi connectivity index (χ3v) is 2.96. The zero-order chi connectivity index (χ0) is 13.1. The smallest absolute Gasteiger partial charge is 0.279 e. The molecular formula is C12H15F2N3O. The molecule has 6 heteroatoms. The first-order chi connectivity index (χ1) is 8.63. The molecule has 0 aliphatic carbocycles. The van der Waals surface area contributed by atoms with Crippen molar-refractivity contribution in [1.82, 2.24) is 15.1 Å². The van der Waals surface area contributed by atoms with Gasteiger partial charge in [0.1, 0.15) is 5.69 Å². The van der Waals surface area contributed by atoms with Crippen LogP contribution in [-0.2, 0) is 0 Å². The summed E-state index contributed by atoms with van der Waals surface area (Å²) in [5.74, 6) is -0.304. The molecule has 0 aromatic carbocycles. The molecule has 1 aliphatic rings. The molecule has 2 heterocycles. The largest absolute Gasteiger partial charge is 0.327 e. The Morgan fingerprint density at radius 3 is 3.06 bits per heavy atom. The molecule has 2 rings (SSSR count). The van der Waals surface area contributed by atoms with E-state index in [2.05, 4.69) is 10.2 Å². The Bertz CT molecular complexity index is 456. The van der Waals surface area contributed by atoms with Crippen LogP contribution in [0.1, 0.15) is 42.4 Å². The van der Waals surface area contributed by atoms with E-state index < -0.39 is 6.43 Å². The monoisotopic (exact) mass is 255 g/mol. The first kappa shape index (κ1) is 12.7. The van der Waals surface area contributed by atoms with Crippen molar-refractivity contribution in [2.45, 2.75) is 32.2 Å². The lowest BCUT2D eigenvalue weighted by atomic mass is 10.1. The molecule has 1 N–H and O–H groups in total. The summed E-state index contributed by atoms with van der Waals surface area (Å²) in [5.41, 5.74) is -0.271. The Kier molecular flexibility index (Phi) is 3.74.